The van der Waals surface area contributed by atoms with Gasteiger partial charge in [0.2, 0.25) is 0 Å². The Morgan fingerprint density at radius 2 is 1.52 bits per heavy atom. The van der Waals surface area contributed by atoms with Crippen molar-refractivity contribution >= 4 is 57.9 Å². The molecule has 0 fully saturated rings. The van der Waals surface area contributed by atoms with Gasteiger partial charge in [-0.15, -0.1) is 11.6 Å². The second kappa shape index (κ2) is 4.72. The van der Waals surface area contributed by atoms with E-state index in [0.29, 0.717) is 5.88 Å². The molecule has 0 saturated carbocycles. The van der Waals surface area contributed by atoms with Crippen LogP contribution in [0.4, 0.5) is 0 Å². The van der Waals surface area contributed by atoms with Crippen molar-refractivity contribution < 1.29 is 0 Å². The average molecular weight is 308 g/mol. The Bertz CT molecular complexity index is 940. The second-order valence-corrected chi connectivity index (χ2v) is 8.70. The highest BCUT2D eigenvalue weighted by Gasteiger charge is 2.15. The van der Waals surface area contributed by atoms with Crippen LogP contribution in [0.3, 0.4) is 0 Å². The van der Waals surface area contributed by atoms with E-state index in [1.54, 1.807) is 0 Å². The molecule has 0 aromatic heterocycles. The Balaban J connectivity index is 2.31. The fraction of sp³-hybridized carbons (Fsp3) is 0.158. The molecule has 4 aromatic carbocycles. The number of alkyl halides is 1. The van der Waals surface area contributed by atoms with Crippen LogP contribution in [0.15, 0.2) is 48.5 Å². The van der Waals surface area contributed by atoms with E-state index < -0.39 is 8.80 Å². The lowest BCUT2D eigenvalue weighted by Gasteiger charge is -2.18. The predicted molar refractivity (Wildman–Crippen MR) is 96.8 cm³/mol. The third-order valence-electron chi connectivity index (χ3n) is 4.43. The molecule has 0 aliphatic heterocycles. The summed E-state index contributed by atoms with van der Waals surface area (Å²) in [4.78, 5) is 0. The summed E-state index contributed by atoms with van der Waals surface area (Å²) in [7, 11) is -0.527. The summed E-state index contributed by atoms with van der Waals surface area (Å²) >= 11 is 6.31. The first-order chi connectivity index (χ1) is 10.2. The van der Waals surface area contributed by atoms with Crippen molar-refractivity contribution in [2.24, 2.45) is 0 Å². The molecule has 0 unspecified atom stereocenters. The molecule has 21 heavy (non-hydrogen) atoms. The Hall–Kier alpha value is -1.57. The lowest BCUT2D eigenvalue weighted by Crippen LogP contribution is -2.26. The maximum Gasteiger partial charge on any atom is 0.0796 e. The van der Waals surface area contributed by atoms with Gasteiger partial charge in [0.25, 0.3) is 0 Å². The molecular weight excluding hydrogens is 292 g/mol. The van der Waals surface area contributed by atoms with Crippen molar-refractivity contribution in [2.45, 2.75) is 19.0 Å². The van der Waals surface area contributed by atoms with E-state index in [1.165, 1.54) is 43.1 Å². The Morgan fingerprint density at radius 3 is 2.19 bits per heavy atom. The van der Waals surface area contributed by atoms with E-state index >= 15 is 0 Å². The van der Waals surface area contributed by atoms with E-state index in [2.05, 4.69) is 61.6 Å². The van der Waals surface area contributed by atoms with Gasteiger partial charge in [0, 0.05) is 5.88 Å². The van der Waals surface area contributed by atoms with Crippen LogP contribution in [0.2, 0.25) is 13.1 Å². The van der Waals surface area contributed by atoms with Gasteiger partial charge in [-0.3, -0.25) is 0 Å². The molecule has 0 aliphatic rings. The molecule has 0 N–H and O–H groups in total. The summed E-state index contributed by atoms with van der Waals surface area (Å²) in [5.74, 6) is 0.597. The molecule has 0 heterocycles. The van der Waals surface area contributed by atoms with Gasteiger partial charge < -0.3 is 0 Å². The molecule has 0 nitrogen and oxygen atoms in total. The Kier molecular flexibility index (Phi) is 2.95. The van der Waals surface area contributed by atoms with Gasteiger partial charge in [-0.25, -0.2) is 0 Å². The largest absolute Gasteiger partial charge is 0.122 e. The fourth-order valence-corrected chi connectivity index (χ4v) is 5.13. The lowest BCUT2D eigenvalue weighted by molar-refractivity contribution is 1.49. The van der Waals surface area contributed by atoms with E-state index in [9.17, 15) is 0 Å². The van der Waals surface area contributed by atoms with Crippen LogP contribution < -0.4 is 5.19 Å². The Labute approximate surface area is 131 Å². The second-order valence-electron chi connectivity index (χ2n) is 5.89. The maximum atomic E-state index is 6.31. The monoisotopic (exact) mass is 307 g/mol. The van der Waals surface area contributed by atoms with Crippen LogP contribution in [0.5, 0.6) is 0 Å². The van der Waals surface area contributed by atoms with E-state index in [4.69, 9.17) is 11.6 Å². The molecule has 0 amide bonds. The quantitative estimate of drug-likeness (QED) is 0.268. The van der Waals surface area contributed by atoms with E-state index in [0.717, 1.165) is 0 Å². The van der Waals surface area contributed by atoms with Crippen molar-refractivity contribution in [3.05, 3.63) is 54.1 Å². The first kappa shape index (κ1) is 13.1. The molecule has 0 atom stereocenters. The van der Waals surface area contributed by atoms with Gasteiger partial charge >= 0.3 is 0 Å². The van der Waals surface area contributed by atoms with Crippen molar-refractivity contribution in [3.8, 4) is 0 Å². The highest BCUT2D eigenvalue weighted by atomic mass is 35.5. The van der Waals surface area contributed by atoms with Crippen LogP contribution in [0, 0.1) is 0 Å². The summed E-state index contributed by atoms with van der Waals surface area (Å²) < 4.78 is 0. The zero-order valence-corrected chi connectivity index (χ0v) is 14.0. The van der Waals surface area contributed by atoms with Crippen LogP contribution in [0.1, 0.15) is 5.56 Å². The van der Waals surface area contributed by atoms with Crippen LogP contribution >= 0.6 is 11.6 Å². The molecule has 103 valence electrons. The molecule has 4 rings (SSSR count). The Morgan fingerprint density at radius 1 is 0.857 bits per heavy atom. The molecule has 0 bridgehead atoms. The average Bonchev–Trinajstić information content (AvgIpc) is 2.51. The predicted octanol–water partition coefficient (Wildman–Crippen LogP) is 5.28. The molecule has 4 aromatic rings. The smallest absolute Gasteiger partial charge is 0.0796 e. The minimum absolute atomic E-state index is 0.527. The summed E-state index contributed by atoms with van der Waals surface area (Å²) in [5.41, 5.74) is 1.33. The minimum Gasteiger partial charge on any atom is -0.122 e. The van der Waals surface area contributed by atoms with Gasteiger partial charge in [0.15, 0.2) is 0 Å². The van der Waals surface area contributed by atoms with E-state index in [1.807, 2.05) is 0 Å². The standard InChI is InChI=1S/C19H16ClSi/c1-21(2)17-10-14-7-6-12-4-3-5-13-8-9-15(16(17)11-20)19(14)18(12)13/h3-10H,11H2,1-2H3. The van der Waals surface area contributed by atoms with Crippen molar-refractivity contribution in [1.82, 2.24) is 0 Å². The molecule has 1 radical (unpaired) electrons. The molecule has 0 saturated heterocycles. The molecule has 0 aliphatic carbocycles. The number of halogens is 1. The topological polar surface area (TPSA) is 0 Å². The summed E-state index contributed by atoms with van der Waals surface area (Å²) in [6.45, 7) is 4.68. The van der Waals surface area contributed by atoms with Crippen LogP contribution in [0.25, 0.3) is 32.3 Å². The molecule has 2 heteroatoms. The molecular formula is C19H16ClSi. The zero-order chi connectivity index (χ0) is 14.6. The highest BCUT2D eigenvalue weighted by molar-refractivity contribution is 6.72. The fourth-order valence-electron chi connectivity index (χ4n) is 3.46. The van der Waals surface area contributed by atoms with Gasteiger partial charge in [-0.2, -0.15) is 0 Å². The first-order valence-electron chi connectivity index (χ1n) is 7.26. The molecule has 0 spiro atoms. The highest BCUT2D eigenvalue weighted by Crippen LogP contribution is 2.35. The number of rotatable bonds is 2. The van der Waals surface area contributed by atoms with Crippen LogP contribution in [-0.2, 0) is 5.88 Å². The van der Waals surface area contributed by atoms with Gasteiger partial charge in [-0.1, -0.05) is 66.8 Å². The summed E-state index contributed by atoms with van der Waals surface area (Å²) in [6.07, 6.45) is 0. The van der Waals surface area contributed by atoms with Crippen molar-refractivity contribution in [1.29, 1.82) is 0 Å². The van der Waals surface area contributed by atoms with Gasteiger partial charge in [0.1, 0.15) is 0 Å². The minimum atomic E-state index is -0.527. The zero-order valence-electron chi connectivity index (χ0n) is 12.2. The number of benzene rings is 4. The SMILES string of the molecule is C[Si](C)c1cc2ccc3cccc4ccc(c1CCl)c2c34. The lowest BCUT2D eigenvalue weighted by atomic mass is 9.92. The summed E-state index contributed by atoms with van der Waals surface area (Å²) in [5, 5.41) is 9.56. The number of hydrogen-bond donors (Lipinski definition) is 0. The summed E-state index contributed by atoms with van der Waals surface area (Å²) in [6, 6.07) is 17.9. The van der Waals surface area contributed by atoms with Gasteiger partial charge in [0.05, 0.1) is 8.80 Å². The third-order valence-corrected chi connectivity index (χ3v) is 6.22. The van der Waals surface area contributed by atoms with Crippen molar-refractivity contribution in [2.75, 3.05) is 0 Å². The van der Waals surface area contributed by atoms with E-state index in [-0.39, 0.29) is 0 Å². The first-order valence-corrected chi connectivity index (χ1v) is 10.3. The van der Waals surface area contributed by atoms with Crippen LogP contribution in [-0.4, -0.2) is 8.80 Å². The van der Waals surface area contributed by atoms with Crippen molar-refractivity contribution in [3.63, 3.8) is 0 Å². The third kappa shape index (κ3) is 1.81. The number of hydrogen-bond acceptors (Lipinski definition) is 0. The van der Waals surface area contributed by atoms with Gasteiger partial charge in [-0.05, 0) is 37.9 Å². The normalized spacial score (nSPS) is 12.2. The maximum absolute atomic E-state index is 6.31.